The Bertz CT molecular complexity index is 574. The minimum Gasteiger partial charge on any atom is -0.368 e. The fourth-order valence-electron chi connectivity index (χ4n) is 1.55. The SMILES string of the molecule is Cc1c(CNc2nc(N)nc(N(C)C)n2)cnn1C. The lowest BCUT2D eigenvalue weighted by atomic mass is 10.2. The van der Waals surface area contributed by atoms with Crippen LogP contribution in [0.4, 0.5) is 17.8 Å². The fraction of sp³-hybridized carbons (Fsp3) is 0.455. The van der Waals surface area contributed by atoms with Crippen LogP contribution in [0.2, 0.25) is 0 Å². The molecule has 19 heavy (non-hydrogen) atoms. The van der Waals surface area contributed by atoms with E-state index in [1.54, 1.807) is 4.90 Å². The first-order valence-corrected chi connectivity index (χ1v) is 5.87. The van der Waals surface area contributed by atoms with Gasteiger partial charge in [-0.1, -0.05) is 0 Å². The van der Waals surface area contributed by atoms with Gasteiger partial charge in [-0.15, -0.1) is 0 Å². The molecule has 2 aromatic rings. The lowest BCUT2D eigenvalue weighted by Gasteiger charge is -2.12. The van der Waals surface area contributed by atoms with Gasteiger partial charge in [0.15, 0.2) is 0 Å². The predicted octanol–water partition coefficient (Wildman–Crippen LogP) is 0.174. The molecule has 8 heteroatoms. The highest BCUT2D eigenvalue weighted by atomic mass is 15.3. The van der Waals surface area contributed by atoms with Gasteiger partial charge in [-0.05, 0) is 6.92 Å². The van der Waals surface area contributed by atoms with Crippen molar-refractivity contribution in [2.45, 2.75) is 13.5 Å². The molecule has 0 saturated heterocycles. The van der Waals surface area contributed by atoms with Crippen LogP contribution in [0.3, 0.4) is 0 Å². The summed E-state index contributed by atoms with van der Waals surface area (Å²) in [5.41, 5.74) is 7.84. The highest BCUT2D eigenvalue weighted by Gasteiger charge is 2.08. The average molecular weight is 262 g/mol. The summed E-state index contributed by atoms with van der Waals surface area (Å²) in [6.07, 6.45) is 1.82. The van der Waals surface area contributed by atoms with Crippen LogP contribution in [-0.4, -0.2) is 38.8 Å². The van der Waals surface area contributed by atoms with E-state index < -0.39 is 0 Å². The third kappa shape index (κ3) is 2.90. The first kappa shape index (κ1) is 13.1. The van der Waals surface area contributed by atoms with Gasteiger partial charge in [0.2, 0.25) is 17.8 Å². The van der Waals surface area contributed by atoms with E-state index in [1.165, 1.54) is 0 Å². The van der Waals surface area contributed by atoms with Crippen molar-refractivity contribution >= 4 is 17.8 Å². The summed E-state index contributed by atoms with van der Waals surface area (Å²) in [6.45, 7) is 2.60. The molecule has 0 fully saturated rings. The first-order chi connectivity index (χ1) is 8.97. The van der Waals surface area contributed by atoms with E-state index in [0.717, 1.165) is 11.3 Å². The smallest absolute Gasteiger partial charge is 0.231 e. The highest BCUT2D eigenvalue weighted by molar-refractivity contribution is 5.41. The molecule has 0 spiro atoms. The van der Waals surface area contributed by atoms with Gasteiger partial charge in [-0.2, -0.15) is 20.1 Å². The lowest BCUT2D eigenvalue weighted by molar-refractivity contribution is 0.738. The number of nitrogens with zero attached hydrogens (tertiary/aromatic N) is 6. The quantitative estimate of drug-likeness (QED) is 0.810. The molecule has 0 radical (unpaired) electrons. The van der Waals surface area contributed by atoms with Crippen LogP contribution in [0.1, 0.15) is 11.3 Å². The van der Waals surface area contributed by atoms with Gasteiger partial charge in [0.1, 0.15) is 0 Å². The van der Waals surface area contributed by atoms with Gasteiger partial charge in [0.05, 0.1) is 6.20 Å². The lowest BCUT2D eigenvalue weighted by Crippen LogP contribution is -2.16. The van der Waals surface area contributed by atoms with Crippen molar-refractivity contribution in [2.75, 3.05) is 30.0 Å². The Hall–Kier alpha value is -2.38. The minimum absolute atomic E-state index is 0.198. The molecule has 0 aliphatic heterocycles. The fourth-order valence-corrected chi connectivity index (χ4v) is 1.55. The normalized spacial score (nSPS) is 10.5. The average Bonchev–Trinajstić information content (AvgIpc) is 2.67. The van der Waals surface area contributed by atoms with Crippen molar-refractivity contribution < 1.29 is 0 Å². The number of hydrogen-bond acceptors (Lipinski definition) is 7. The van der Waals surface area contributed by atoms with Crippen LogP contribution in [0.5, 0.6) is 0 Å². The van der Waals surface area contributed by atoms with Crippen molar-refractivity contribution in [1.29, 1.82) is 0 Å². The maximum Gasteiger partial charge on any atom is 0.231 e. The Morgan fingerprint density at radius 1 is 1.32 bits per heavy atom. The van der Waals surface area contributed by atoms with E-state index >= 15 is 0 Å². The third-order valence-electron chi connectivity index (χ3n) is 2.81. The molecule has 102 valence electrons. The molecule has 0 saturated carbocycles. The number of anilines is 3. The van der Waals surface area contributed by atoms with E-state index in [9.17, 15) is 0 Å². The van der Waals surface area contributed by atoms with Gasteiger partial charge < -0.3 is 16.0 Å². The number of nitrogens with one attached hydrogen (secondary N) is 1. The number of rotatable bonds is 4. The monoisotopic (exact) mass is 262 g/mol. The van der Waals surface area contributed by atoms with Crippen molar-refractivity contribution in [1.82, 2.24) is 24.7 Å². The first-order valence-electron chi connectivity index (χ1n) is 5.87. The molecule has 0 atom stereocenters. The molecule has 0 unspecified atom stereocenters. The maximum atomic E-state index is 5.65. The highest BCUT2D eigenvalue weighted by Crippen LogP contribution is 2.11. The molecule has 8 nitrogen and oxygen atoms in total. The van der Waals surface area contributed by atoms with Crippen LogP contribution >= 0.6 is 0 Å². The van der Waals surface area contributed by atoms with Gasteiger partial charge in [-0.25, -0.2) is 0 Å². The van der Waals surface area contributed by atoms with Gasteiger partial charge >= 0.3 is 0 Å². The summed E-state index contributed by atoms with van der Waals surface area (Å²) in [5.74, 6) is 1.18. The summed E-state index contributed by atoms with van der Waals surface area (Å²) in [6, 6.07) is 0. The van der Waals surface area contributed by atoms with Gasteiger partial charge in [0, 0.05) is 38.9 Å². The maximum absolute atomic E-state index is 5.65. The summed E-state index contributed by atoms with van der Waals surface area (Å²) in [7, 11) is 5.61. The van der Waals surface area contributed by atoms with Gasteiger partial charge in [-0.3, -0.25) is 4.68 Å². The molecule has 0 aromatic carbocycles. The second-order valence-electron chi connectivity index (χ2n) is 4.44. The van der Waals surface area contributed by atoms with E-state index in [1.807, 2.05) is 38.9 Å². The van der Waals surface area contributed by atoms with Crippen LogP contribution in [0, 0.1) is 6.92 Å². The van der Waals surface area contributed by atoms with Crippen molar-refractivity contribution in [3.05, 3.63) is 17.5 Å². The molecule has 3 N–H and O–H groups in total. The Kier molecular flexibility index (Phi) is 3.50. The van der Waals surface area contributed by atoms with Gasteiger partial charge in [0.25, 0.3) is 0 Å². The van der Waals surface area contributed by atoms with Crippen molar-refractivity contribution in [2.24, 2.45) is 7.05 Å². The molecule has 0 aliphatic rings. The van der Waals surface area contributed by atoms with Crippen LogP contribution in [0.25, 0.3) is 0 Å². The van der Waals surface area contributed by atoms with Crippen LogP contribution < -0.4 is 16.0 Å². The second-order valence-corrected chi connectivity index (χ2v) is 4.44. The number of aryl methyl sites for hydroxylation is 1. The molecular formula is C11H18N8. The molecule has 2 rings (SSSR count). The number of aromatic nitrogens is 5. The summed E-state index contributed by atoms with van der Waals surface area (Å²) in [5, 5.41) is 7.31. The topological polar surface area (TPSA) is 97.8 Å². The molecule has 2 aromatic heterocycles. The summed E-state index contributed by atoms with van der Waals surface area (Å²) in [4.78, 5) is 14.1. The summed E-state index contributed by atoms with van der Waals surface area (Å²) >= 11 is 0. The second kappa shape index (κ2) is 5.09. The molecule has 0 aliphatic carbocycles. The van der Waals surface area contributed by atoms with E-state index in [-0.39, 0.29) is 5.95 Å². The van der Waals surface area contributed by atoms with Crippen LogP contribution in [0.15, 0.2) is 6.20 Å². The largest absolute Gasteiger partial charge is 0.368 e. The third-order valence-corrected chi connectivity index (χ3v) is 2.81. The zero-order valence-corrected chi connectivity index (χ0v) is 11.5. The number of nitrogens with two attached hydrogens (primary N) is 1. The molecule has 0 bridgehead atoms. The number of hydrogen-bond donors (Lipinski definition) is 2. The zero-order valence-electron chi connectivity index (χ0n) is 11.5. The molecule has 2 heterocycles. The Labute approximate surface area is 111 Å². The Balaban J connectivity index is 2.13. The van der Waals surface area contributed by atoms with Crippen molar-refractivity contribution in [3.63, 3.8) is 0 Å². The predicted molar refractivity (Wildman–Crippen MR) is 73.8 cm³/mol. The Morgan fingerprint density at radius 2 is 2.05 bits per heavy atom. The minimum atomic E-state index is 0.198. The zero-order chi connectivity index (χ0) is 14.0. The van der Waals surface area contributed by atoms with Crippen molar-refractivity contribution in [3.8, 4) is 0 Å². The van der Waals surface area contributed by atoms with E-state index in [4.69, 9.17) is 5.73 Å². The molecule has 0 amide bonds. The van der Waals surface area contributed by atoms with E-state index in [0.29, 0.717) is 18.4 Å². The van der Waals surface area contributed by atoms with Crippen LogP contribution in [-0.2, 0) is 13.6 Å². The van der Waals surface area contributed by atoms with E-state index in [2.05, 4.69) is 25.4 Å². The Morgan fingerprint density at radius 3 is 2.63 bits per heavy atom. The molecular weight excluding hydrogens is 244 g/mol. The standard InChI is InChI=1S/C11H18N8/c1-7-8(6-14-19(7)4)5-13-10-15-9(12)16-11(17-10)18(2)3/h6H,5H2,1-4H3,(H3,12,13,15,16,17). The number of nitrogen functional groups attached to an aromatic ring is 1. The summed E-state index contributed by atoms with van der Waals surface area (Å²) < 4.78 is 1.82.